The molecule has 2 aliphatic rings. The molecule has 3 heterocycles. The number of carbonyl (C=O) groups is 1. The van der Waals surface area contributed by atoms with Crippen LogP contribution >= 0.6 is 0 Å². The maximum atomic E-state index is 12.5. The van der Waals surface area contributed by atoms with Gasteiger partial charge in [-0.1, -0.05) is 0 Å². The van der Waals surface area contributed by atoms with Crippen LogP contribution in [0.25, 0.3) is 0 Å². The Morgan fingerprint density at radius 2 is 2.21 bits per heavy atom. The summed E-state index contributed by atoms with van der Waals surface area (Å²) in [5.41, 5.74) is 0.414. The van der Waals surface area contributed by atoms with Gasteiger partial charge in [0.1, 0.15) is 5.82 Å². The minimum absolute atomic E-state index is 0.0182. The molecule has 2 aliphatic heterocycles. The minimum atomic E-state index is -0.185. The molecule has 7 heteroatoms. The number of H-pyrrole nitrogens is 1. The Hall–Kier alpha value is -1.73. The number of aryl methyl sites for hydroxylation is 1. The van der Waals surface area contributed by atoms with E-state index in [-0.39, 0.29) is 17.4 Å². The van der Waals surface area contributed by atoms with Gasteiger partial charge in [-0.2, -0.15) is 0 Å². The van der Waals surface area contributed by atoms with Gasteiger partial charge in [-0.15, -0.1) is 0 Å². The Kier molecular flexibility index (Phi) is 5.63. The number of nitrogens with one attached hydrogen (secondary N) is 2. The van der Waals surface area contributed by atoms with Crippen molar-refractivity contribution in [3.8, 4) is 0 Å². The molecule has 0 radical (unpaired) electrons. The number of hydrogen-bond donors (Lipinski definition) is 2. The van der Waals surface area contributed by atoms with Crippen molar-refractivity contribution in [3.63, 3.8) is 0 Å². The van der Waals surface area contributed by atoms with E-state index in [1.165, 1.54) is 6.07 Å². The van der Waals surface area contributed by atoms with E-state index in [0.717, 1.165) is 52.0 Å². The summed E-state index contributed by atoms with van der Waals surface area (Å²) in [6.07, 6.45) is 4.10. The summed E-state index contributed by atoms with van der Waals surface area (Å²) < 4.78 is 5.43. The highest BCUT2D eigenvalue weighted by Gasteiger charge is 2.30. The lowest BCUT2D eigenvalue weighted by Gasteiger charge is -2.39. The molecule has 1 aromatic heterocycles. The van der Waals surface area contributed by atoms with E-state index in [0.29, 0.717) is 24.1 Å². The highest BCUT2D eigenvalue weighted by molar-refractivity contribution is 5.78. The molecule has 24 heavy (non-hydrogen) atoms. The number of nitrogens with zero attached hydrogens (tertiary/aromatic N) is 2. The van der Waals surface area contributed by atoms with E-state index in [2.05, 4.69) is 20.2 Å². The van der Waals surface area contributed by atoms with Crippen molar-refractivity contribution in [1.82, 2.24) is 20.2 Å². The molecule has 1 amide bonds. The van der Waals surface area contributed by atoms with E-state index < -0.39 is 0 Å². The van der Waals surface area contributed by atoms with E-state index in [4.69, 9.17) is 4.74 Å². The average molecular weight is 334 g/mol. The Morgan fingerprint density at radius 3 is 2.96 bits per heavy atom. The van der Waals surface area contributed by atoms with Gasteiger partial charge in [0.2, 0.25) is 5.91 Å². The number of carbonyl (C=O) groups excluding carboxylic acids is 1. The molecule has 0 saturated carbocycles. The molecule has 2 N–H and O–H groups in total. The zero-order valence-electron chi connectivity index (χ0n) is 14.2. The number of aromatic amines is 1. The zero-order chi connectivity index (χ0) is 16.9. The van der Waals surface area contributed by atoms with Crippen LogP contribution in [0.1, 0.15) is 37.2 Å². The van der Waals surface area contributed by atoms with Gasteiger partial charge in [0, 0.05) is 31.9 Å². The van der Waals surface area contributed by atoms with Crippen LogP contribution in [0, 0.1) is 12.8 Å². The van der Waals surface area contributed by atoms with Crippen LogP contribution in [0.4, 0.5) is 0 Å². The molecule has 2 saturated heterocycles. The molecule has 0 unspecified atom stereocenters. The van der Waals surface area contributed by atoms with E-state index in [9.17, 15) is 9.59 Å². The van der Waals surface area contributed by atoms with Crippen LogP contribution in [-0.4, -0.2) is 53.1 Å². The Balaban J connectivity index is 1.53. The van der Waals surface area contributed by atoms with Crippen molar-refractivity contribution in [2.24, 2.45) is 5.92 Å². The summed E-state index contributed by atoms with van der Waals surface area (Å²) in [7, 11) is 0. The lowest BCUT2D eigenvalue weighted by molar-refractivity contribution is -0.127. The minimum Gasteiger partial charge on any atom is -0.381 e. The van der Waals surface area contributed by atoms with Gasteiger partial charge in [-0.05, 0) is 39.2 Å². The molecule has 0 bridgehead atoms. The van der Waals surface area contributed by atoms with Crippen molar-refractivity contribution in [3.05, 3.63) is 27.9 Å². The standard InChI is InChI=1S/C17H26N4O3/c1-12-19-14(9-16(22)20-12)10-18-17(23)13-3-2-6-21(11-13)15-4-7-24-8-5-15/h9,13,15H,2-8,10-11H2,1H3,(H,18,23)(H,19,20,22)/t13-/m0/s1. The number of likely N-dealkylation sites (tertiary alicyclic amines) is 1. The van der Waals surface area contributed by atoms with Gasteiger partial charge in [0.05, 0.1) is 18.2 Å². The van der Waals surface area contributed by atoms with Gasteiger partial charge in [-0.3, -0.25) is 14.5 Å². The summed E-state index contributed by atoms with van der Waals surface area (Å²) >= 11 is 0. The van der Waals surface area contributed by atoms with Crippen molar-refractivity contribution in [1.29, 1.82) is 0 Å². The first kappa shape index (κ1) is 17.1. The average Bonchev–Trinajstić information content (AvgIpc) is 2.60. The van der Waals surface area contributed by atoms with E-state index in [1.807, 2.05) is 0 Å². The highest BCUT2D eigenvalue weighted by Crippen LogP contribution is 2.23. The van der Waals surface area contributed by atoms with Gasteiger partial charge in [-0.25, -0.2) is 4.98 Å². The normalized spacial score (nSPS) is 23.1. The fraction of sp³-hybridized carbons (Fsp3) is 0.706. The Morgan fingerprint density at radius 1 is 1.42 bits per heavy atom. The first-order valence-corrected chi connectivity index (χ1v) is 8.78. The molecule has 7 nitrogen and oxygen atoms in total. The molecule has 3 rings (SSSR count). The van der Waals surface area contributed by atoms with Crippen molar-refractivity contribution in [2.45, 2.75) is 45.2 Å². The van der Waals surface area contributed by atoms with Gasteiger partial charge >= 0.3 is 0 Å². The second kappa shape index (κ2) is 7.90. The molecular formula is C17H26N4O3. The third kappa shape index (κ3) is 4.42. The van der Waals surface area contributed by atoms with Gasteiger partial charge < -0.3 is 15.0 Å². The Labute approximate surface area is 141 Å². The first-order chi connectivity index (χ1) is 11.6. The molecule has 0 aromatic carbocycles. The second-order valence-corrected chi connectivity index (χ2v) is 6.72. The first-order valence-electron chi connectivity index (χ1n) is 8.78. The topological polar surface area (TPSA) is 87.3 Å². The van der Waals surface area contributed by atoms with Crippen LogP contribution in [0.5, 0.6) is 0 Å². The Bertz CT molecular complexity index is 625. The van der Waals surface area contributed by atoms with Crippen LogP contribution < -0.4 is 10.9 Å². The fourth-order valence-corrected chi connectivity index (χ4v) is 3.66. The SMILES string of the molecule is Cc1nc(CNC(=O)[C@H]2CCCN(C3CCOCC3)C2)cc(=O)[nH]1. The summed E-state index contributed by atoms with van der Waals surface area (Å²) in [5.74, 6) is 0.645. The second-order valence-electron chi connectivity index (χ2n) is 6.72. The van der Waals surface area contributed by atoms with Crippen LogP contribution in [-0.2, 0) is 16.1 Å². The number of hydrogen-bond acceptors (Lipinski definition) is 5. The quantitative estimate of drug-likeness (QED) is 0.841. The lowest BCUT2D eigenvalue weighted by atomic mass is 9.94. The van der Waals surface area contributed by atoms with Crippen LogP contribution in [0.3, 0.4) is 0 Å². The molecule has 1 atom stereocenters. The highest BCUT2D eigenvalue weighted by atomic mass is 16.5. The maximum absolute atomic E-state index is 12.5. The number of aromatic nitrogens is 2. The van der Waals surface area contributed by atoms with Gasteiger partial charge in [0.15, 0.2) is 0 Å². The van der Waals surface area contributed by atoms with Crippen molar-refractivity contribution < 1.29 is 9.53 Å². The molecular weight excluding hydrogens is 308 g/mol. The third-order valence-corrected chi connectivity index (χ3v) is 4.89. The fourth-order valence-electron chi connectivity index (χ4n) is 3.66. The lowest BCUT2D eigenvalue weighted by Crippen LogP contribution is -2.48. The smallest absolute Gasteiger partial charge is 0.251 e. The molecule has 1 aromatic rings. The number of rotatable bonds is 4. The predicted molar refractivity (Wildman–Crippen MR) is 89.6 cm³/mol. The largest absolute Gasteiger partial charge is 0.381 e. The predicted octanol–water partition coefficient (Wildman–Crippen LogP) is 0.586. The molecule has 132 valence electrons. The van der Waals surface area contributed by atoms with Crippen molar-refractivity contribution in [2.75, 3.05) is 26.3 Å². The molecule has 2 fully saturated rings. The molecule has 0 aliphatic carbocycles. The summed E-state index contributed by atoms with van der Waals surface area (Å²) in [6, 6.07) is 1.98. The number of piperidine rings is 1. The van der Waals surface area contributed by atoms with Crippen LogP contribution in [0.15, 0.2) is 10.9 Å². The summed E-state index contributed by atoms with van der Waals surface area (Å²) in [5, 5.41) is 2.94. The van der Waals surface area contributed by atoms with E-state index in [1.54, 1.807) is 6.92 Å². The monoisotopic (exact) mass is 334 g/mol. The van der Waals surface area contributed by atoms with Gasteiger partial charge in [0.25, 0.3) is 5.56 Å². The summed E-state index contributed by atoms with van der Waals surface area (Å²) in [4.78, 5) is 33.2. The van der Waals surface area contributed by atoms with Crippen LogP contribution in [0.2, 0.25) is 0 Å². The summed E-state index contributed by atoms with van der Waals surface area (Å²) in [6.45, 7) is 5.58. The number of amides is 1. The number of ether oxygens (including phenoxy) is 1. The molecule has 0 spiro atoms. The van der Waals surface area contributed by atoms with Crippen molar-refractivity contribution >= 4 is 5.91 Å². The van der Waals surface area contributed by atoms with E-state index >= 15 is 0 Å². The maximum Gasteiger partial charge on any atom is 0.251 e. The third-order valence-electron chi connectivity index (χ3n) is 4.89. The zero-order valence-corrected chi connectivity index (χ0v) is 14.2.